The molecule has 0 amide bonds. The lowest BCUT2D eigenvalue weighted by Crippen LogP contribution is -2.33. The van der Waals surface area contributed by atoms with Crippen molar-refractivity contribution >= 4 is 5.69 Å². The minimum absolute atomic E-state index is 0.624. The Labute approximate surface area is 84.5 Å². The van der Waals surface area contributed by atoms with Gasteiger partial charge in [0.25, 0.3) is 0 Å². The Balaban J connectivity index is 1.89. The van der Waals surface area contributed by atoms with Crippen LogP contribution in [0.2, 0.25) is 0 Å². The van der Waals surface area contributed by atoms with E-state index in [1.165, 1.54) is 30.6 Å². The van der Waals surface area contributed by atoms with Crippen LogP contribution in [-0.2, 0) is 11.2 Å². The highest BCUT2D eigenvalue weighted by Crippen LogP contribution is 2.31. The standard InChI is InChI=1S/C12H15NO/c1-2-4-12-10(3-1)5-7-13(12)11-6-8-14-9-11/h1-4,11H,5-9H2. The molecule has 0 spiro atoms. The molecule has 2 nitrogen and oxygen atoms in total. The Morgan fingerprint density at radius 3 is 3.07 bits per heavy atom. The van der Waals surface area contributed by atoms with Gasteiger partial charge in [0.2, 0.25) is 0 Å². The van der Waals surface area contributed by atoms with Crippen LogP contribution in [0.4, 0.5) is 5.69 Å². The molecule has 0 radical (unpaired) electrons. The second kappa shape index (κ2) is 3.28. The molecule has 1 aromatic carbocycles. The third kappa shape index (κ3) is 1.22. The van der Waals surface area contributed by atoms with Crippen molar-refractivity contribution in [2.45, 2.75) is 18.9 Å². The number of anilines is 1. The van der Waals surface area contributed by atoms with Crippen LogP contribution in [0.15, 0.2) is 24.3 Å². The third-order valence-electron chi connectivity index (χ3n) is 3.27. The van der Waals surface area contributed by atoms with Crippen LogP contribution < -0.4 is 4.90 Å². The van der Waals surface area contributed by atoms with Crippen LogP contribution in [-0.4, -0.2) is 25.8 Å². The van der Waals surface area contributed by atoms with Crippen LogP contribution in [0, 0.1) is 0 Å². The predicted molar refractivity (Wildman–Crippen MR) is 56.7 cm³/mol. The summed E-state index contributed by atoms with van der Waals surface area (Å²) in [6.07, 6.45) is 2.39. The van der Waals surface area contributed by atoms with Crippen LogP contribution >= 0.6 is 0 Å². The van der Waals surface area contributed by atoms with E-state index < -0.39 is 0 Å². The summed E-state index contributed by atoms with van der Waals surface area (Å²) < 4.78 is 5.44. The molecule has 1 atom stereocenters. The summed E-state index contributed by atoms with van der Waals surface area (Å²) in [5.41, 5.74) is 2.93. The summed E-state index contributed by atoms with van der Waals surface area (Å²) in [5, 5.41) is 0. The first-order valence-electron chi connectivity index (χ1n) is 5.37. The summed E-state index contributed by atoms with van der Waals surface area (Å²) in [4.78, 5) is 2.52. The highest BCUT2D eigenvalue weighted by Gasteiger charge is 2.28. The summed E-state index contributed by atoms with van der Waals surface area (Å²) in [5.74, 6) is 0. The van der Waals surface area contributed by atoms with Crippen molar-refractivity contribution in [2.24, 2.45) is 0 Å². The van der Waals surface area contributed by atoms with Crippen LogP contribution in [0.25, 0.3) is 0 Å². The van der Waals surface area contributed by atoms with E-state index in [1.807, 2.05) is 0 Å². The number of rotatable bonds is 1. The Bertz CT molecular complexity index is 331. The lowest BCUT2D eigenvalue weighted by molar-refractivity contribution is 0.193. The van der Waals surface area contributed by atoms with E-state index in [1.54, 1.807) is 0 Å². The highest BCUT2D eigenvalue weighted by atomic mass is 16.5. The average molecular weight is 189 g/mol. The van der Waals surface area contributed by atoms with E-state index in [0.717, 1.165) is 13.2 Å². The molecule has 0 saturated carbocycles. The molecule has 1 unspecified atom stereocenters. The summed E-state index contributed by atoms with van der Waals surface area (Å²) in [6.45, 7) is 3.02. The van der Waals surface area contributed by atoms with Crippen molar-refractivity contribution in [3.63, 3.8) is 0 Å². The predicted octanol–water partition coefficient (Wildman–Crippen LogP) is 1.84. The summed E-state index contributed by atoms with van der Waals surface area (Å²) in [6, 6.07) is 9.37. The number of nitrogens with zero attached hydrogens (tertiary/aromatic N) is 1. The number of hydrogen-bond donors (Lipinski definition) is 0. The molecule has 2 heterocycles. The molecule has 1 saturated heterocycles. The van der Waals surface area contributed by atoms with Crippen molar-refractivity contribution in [2.75, 3.05) is 24.7 Å². The fourth-order valence-electron chi connectivity index (χ4n) is 2.51. The van der Waals surface area contributed by atoms with Gasteiger partial charge in [0.15, 0.2) is 0 Å². The van der Waals surface area contributed by atoms with Gasteiger partial charge in [-0.05, 0) is 24.5 Å². The maximum absolute atomic E-state index is 5.44. The first-order valence-corrected chi connectivity index (χ1v) is 5.37. The third-order valence-corrected chi connectivity index (χ3v) is 3.27. The second-order valence-electron chi connectivity index (χ2n) is 4.09. The van der Waals surface area contributed by atoms with E-state index in [-0.39, 0.29) is 0 Å². The summed E-state index contributed by atoms with van der Waals surface area (Å²) >= 11 is 0. The maximum Gasteiger partial charge on any atom is 0.0670 e. The fourth-order valence-corrected chi connectivity index (χ4v) is 2.51. The Morgan fingerprint density at radius 2 is 2.21 bits per heavy atom. The van der Waals surface area contributed by atoms with Gasteiger partial charge >= 0.3 is 0 Å². The second-order valence-corrected chi connectivity index (χ2v) is 4.09. The zero-order chi connectivity index (χ0) is 9.38. The normalized spacial score (nSPS) is 25.4. The van der Waals surface area contributed by atoms with E-state index in [0.29, 0.717) is 6.04 Å². The number of para-hydroxylation sites is 1. The van der Waals surface area contributed by atoms with Gasteiger partial charge in [0.05, 0.1) is 12.6 Å². The Hall–Kier alpha value is -1.02. The smallest absolute Gasteiger partial charge is 0.0670 e. The van der Waals surface area contributed by atoms with E-state index in [2.05, 4.69) is 29.2 Å². The monoisotopic (exact) mass is 189 g/mol. The molecule has 14 heavy (non-hydrogen) atoms. The molecule has 2 heteroatoms. The molecule has 0 aliphatic carbocycles. The molecule has 3 rings (SSSR count). The molecular formula is C12H15NO. The summed E-state index contributed by atoms with van der Waals surface area (Å²) in [7, 11) is 0. The molecule has 2 aliphatic rings. The van der Waals surface area contributed by atoms with Crippen LogP contribution in [0.3, 0.4) is 0 Å². The van der Waals surface area contributed by atoms with Gasteiger partial charge in [-0.1, -0.05) is 18.2 Å². The molecule has 0 bridgehead atoms. The molecule has 2 aliphatic heterocycles. The van der Waals surface area contributed by atoms with Gasteiger partial charge in [0, 0.05) is 18.8 Å². The number of benzene rings is 1. The SMILES string of the molecule is c1ccc2c(c1)CCN2C1CCOC1. The van der Waals surface area contributed by atoms with Crippen molar-refractivity contribution in [1.82, 2.24) is 0 Å². The van der Waals surface area contributed by atoms with Gasteiger partial charge in [-0.3, -0.25) is 0 Å². The Morgan fingerprint density at radius 1 is 1.29 bits per heavy atom. The average Bonchev–Trinajstić information content (AvgIpc) is 2.85. The van der Waals surface area contributed by atoms with Gasteiger partial charge in [0.1, 0.15) is 0 Å². The molecule has 1 fully saturated rings. The zero-order valence-electron chi connectivity index (χ0n) is 8.28. The topological polar surface area (TPSA) is 12.5 Å². The zero-order valence-corrected chi connectivity index (χ0v) is 8.28. The molecule has 0 N–H and O–H groups in total. The number of hydrogen-bond acceptors (Lipinski definition) is 2. The van der Waals surface area contributed by atoms with Crippen molar-refractivity contribution in [3.05, 3.63) is 29.8 Å². The first kappa shape index (κ1) is 8.30. The highest BCUT2D eigenvalue weighted by molar-refractivity contribution is 5.58. The number of fused-ring (bicyclic) bond motifs is 1. The Kier molecular flexibility index (Phi) is 1.95. The lowest BCUT2D eigenvalue weighted by atomic mass is 10.1. The quantitative estimate of drug-likeness (QED) is 0.668. The molecular weight excluding hydrogens is 174 g/mol. The van der Waals surface area contributed by atoms with Crippen molar-refractivity contribution in [1.29, 1.82) is 0 Å². The van der Waals surface area contributed by atoms with E-state index in [9.17, 15) is 0 Å². The molecule has 1 aromatic rings. The molecule has 74 valence electrons. The van der Waals surface area contributed by atoms with Gasteiger partial charge in [-0.2, -0.15) is 0 Å². The van der Waals surface area contributed by atoms with Crippen LogP contribution in [0.5, 0.6) is 0 Å². The van der Waals surface area contributed by atoms with Gasteiger partial charge < -0.3 is 9.64 Å². The minimum atomic E-state index is 0.624. The lowest BCUT2D eigenvalue weighted by Gasteiger charge is -2.25. The largest absolute Gasteiger partial charge is 0.379 e. The van der Waals surface area contributed by atoms with E-state index >= 15 is 0 Å². The maximum atomic E-state index is 5.44. The van der Waals surface area contributed by atoms with Crippen molar-refractivity contribution in [3.8, 4) is 0 Å². The first-order chi connectivity index (χ1) is 6.95. The van der Waals surface area contributed by atoms with Gasteiger partial charge in [-0.15, -0.1) is 0 Å². The van der Waals surface area contributed by atoms with Crippen LogP contribution in [0.1, 0.15) is 12.0 Å². The van der Waals surface area contributed by atoms with Gasteiger partial charge in [-0.25, -0.2) is 0 Å². The van der Waals surface area contributed by atoms with E-state index in [4.69, 9.17) is 4.74 Å². The van der Waals surface area contributed by atoms with Crippen molar-refractivity contribution < 1.29 is 4.74 Å². The number of ether oxygens (including phenoxy) is 1. The molecule has 0 aromatic heterocycles. The fraction of sp³-hybridized carbons (Fsp3) is 0.500. The minimum Gasteiger partial charge on any atom is -0.379 e.